The molecule has 0 aromatic carbocycles. The fraction of sp³-hybridized carbons (Fsp3) is 1.00. The quantitative estimate of drug-likeness (QED) is 0.469. The number of hydrogen-bond acceptors (Lipinski definition) is 1. The first-order valence-corrected chi connectivity index (χ1v) is 1.90. The van der Waals surface area contributed by atoms with Gasteiger partial charge in [0.15, 0.2) is 5.63 Å². The van der Waals surface area contributed by atoms with Crippen LogP contribution in [0.2, 0.25) is 0 Å². The zero-order chi connectivity index (χ0) is 5.58. The average Bonchev–Trinajstić information content (AvgIpc) is 1.41. The Hall–Kier alpha value is 0.180. The van der Waals surface area contributed by atoms with Gasteiger partial charge in [0.05, 0.1) is 0 Å². The lowest BCUT2D eigenvalue weighted by atomic mass is 10.9. The zero-order valence-electron chi connectivity index (χ0n) is 3.78. The molecule has 0 aromatic rings. The molecule has 1 atom stereocenters. The van der Waals surface area contributed by atoms with Crippen LogP contribution < -0.4 is 0 Å². The third-order valence-corrected chi connectivity index (χ3v) is 0. The van der Waals surface area contributed by atoms with Crippen LogP contribution in [0, 0.1) is 0 Å². The molecule has 1 N–H and O–H groups in total. The lowest BCUT2D eigenvalue weighted by Crippen LogP contribution is -1.66. The second kappa shape index (κ2) is 8.95. The smallest absolute Gasteiger partial charge is 0.170 e. The fourth-order valence-corrected chi connectivity index (χ4v) is 0. The summed E-state index contributed by atoms with van der Waals surface area (Å²) in [5.74, 6) is 0. The second-order valence-corrected chi connectivity index (χ2v) is 1.12. The van der Waals surface area contributed by atoms with Gasteiger partial charge in [0.2, 0.25) is 0 Å². The summed E-state index contributed by atoms with van der Waals surface area (Å²) in [6.07, 6.45) is 0. The molecule has 1 unspecified atom stereocenters. The standard InChI is InChI=1S/C2H4ClF.CH4O/c1-2(3)4;1-2/h2H,1H3;2H,1H3. The molecule has 0 heterocycles. The highest BCUT2D eigenvalue weighted by Crippen LogP contribution is 1.89. The molecule has 0 rings (SSSR count). The van der Waals surface area contributed by atoms with Crippen molar-refractivity contribution in [3.63, 3.8) is 0 Å². The summed E-state index contributed by atoms with van der Waals surface area (Å²) in [5, 5.41) is 7.00. The summed E-state index contributed by atoms with van der Waals surface area (Å²) >= 11 is 4.61. The van der Waals surface area contributed by atoms with E-state index in [-0.39, 0.29) is 0 Å². The van der Waals surface area contributed by atoms with Crippen LogP contribution in [-0.4, -0.2) is 17.8 Å². The van der Waals surface area contributed by atoms with Crippen molar-refractivity contribution in [2.24, 2.45) is 0 Å². The largest absolute Gasteiger partial charge is 0.400 e. The molecule has 0 aromatic heterocycles. The van der Waals surface area contributed by atoms with Crippen LogP contribution >= 0.6 is 11.6 Å². The maximum Gasteiger partial charge on any atom is 0.170 e. The maximum absolute atomic E-state index is 10.8. The van der Waals surface area contributed by atoms with Gasteiger partial charge in [0.1, 0.15) is 0 Å². The molecule has 0 aliphatic carbocycles. The first-order valence-electron chi connectivity index (χ1n) is 1.46. The molecule has 0 fully saturated rings. The predicted molar refractivity (Wildman–Crippen MR) is 24.6 cm³/mol. The molecule has 0 saturated carbocycles. The zero-order valence-corrected chi connectivity index (χ0v) is 4.54. The maximum atomic E-state index is 10.8. The third kappa shape index (κ3) is 1300. The Balaban J connectivity index is 0. The molecular formula is C3H8ClFO. The normalized spacial score (nSPS) is 11.5. The Morgan fingerprint density at radius 1 is 1.67 bits per heavy atom. The molecule has 0 radical (unpaired) electrons. The molecule has 3 heteroatoms. The molecule has 0 saturated heterocycles. The van der Waals surface area contributed by atoms with Crippen LogP contribution in [0.4, 0.5) is 4.39 Å². The van der Waals surface area contributed by atoms with E-state index in [0.29, 0.717) is 0 Å². The predicted octanol–water partition coefficient (Wildman–Crippen LogP) is 1.15. The molecular weight excluding hydrogens is 106 g/mol. The Morgan fingerprint density at radius 3 is 1.67 bits per heavy atom. The van der Waals surface area contributed by atoms with Gasteiger partial charge in [-0.3, -0.25) is 0 Å². The SMILES string of the molecule is CC(F)Cl.CO. The minimum atomic E-state index is -1.19. The van der Waals surface area contributed by atoms with Crippen molar-refractivity contribution in [2.45, 2.75) is 12.6 Å². The molecule has 0 aliphatic heterocycles. The first-order chi connectivity index (χ1) is 2.73. The van der Waals surface area contributed by atoms with Gasteiger partial charge in [0, 0.05) is 7.11 Å². The molecule has 1 nitrogen and oxygen atoms in total. The Morgan fingerprint density at radius 2 is 1.67 bits per heavy atom. The first kappa shape index (κ1) is 9.49. The number of halogens is 2. The minimum Gasteiger partial charge on any atom is -0.400 e. The van der Waals surface area contributed by atoms with E-state index < -0.39 is 5.63 Å². The number of rotatable bonds is 0. The van der Waals surface area contributed by atoms with Crippen molar-refractivity contribution in [1.29, 1.82) is 0 Å². The van der Waals surface area contributed by atoms with Crippen molar-refractivity contribution in [3.05, 3.63) is 0 Å². The van der Waals surface area contributed by atoms with E-state index in [0.717, 1.165) is 7.11 Å². The second-order valence-electron chi connectivity index (χ2n) is 0.519. The van der Waals surface area contributed by atoms with Crippen LogP contribution in [0.1, 0.15) is 6.92 Å². The highest BCUT2D eigenvalue weighted by Gasteiger charge is 1.77. The van der Waals surface area contributed by atoms with Gasteiger partial charge in [-0.25, -0.2) is 4.39 Å². The van der Waals surface area contributed by atoms with Crippen LogP contribution in [-0.2, 0) is 0 Å². The van der Waals surface area contributed by atoms with E-state index >= 15 is 0 Å². The highest BCUT2D eigenvalue weighted by molar-refractivity contribution is 6.19. The summed E-state index contributed by atoms with van der Waals surface area (Å²) in [7, 11) is 1.00. The van der Waals surface area contributed by atoms with Gasteiger partial charge in [-0.15, -0.1) is 0 Å². The summed E-state index contributed by atoms with van der Waals surface area (Å²) in [6, 6.07) is 0. The van der Waals surface area contributed by atoms with Gasteiger partial charge < -0.3 is 5.11 Å². The summed E-state index contributed by atoms with van der Waals surface area (Å²) in [5.41, 5.74) is -1.19. The lowest BCUT2D eigenvalue weighted by Gasteiger charge is -1.71. The van der Waals surface area contributed by atoms with Crippen LogP contribution in [0.5, 0.6) is 0 Å². The minimum absolute atomic E-state index is 1.00. The molecule has 0 aliphatic rings. The number of aliphatic hydroxyl groups excluding tert-OH is 1. The van der Waals surface area contributed by atoms with Crippen molar-refractivity contribution >= 4 is 11.6 Å². The monoisotopic (exact) mass is 114 g/mol. The van der Waals surface area contributed by atoms with Crippen molar-refractivity contribution < 1.29 is 9.50 Å². The van der Waals surface area contributed by atoms with Crippen LogP contribution in [0.25, 0.3) is 0 Å². The molecule has 40 valence electrons. The van der Waals surface area contributed by atoms with E-state index in [1.54, 1.807) is 0 Å². The molecule has 0 bridgehead atoms. The van der Waals surface area contributed by atoms with Crippen LogP contribution in [0.15, 0.2) is 0 Å². The fourth-order valence-electron chi connectivity index (χ4n) is 0. The van der Waals surface area contributed by atoms with Gasteiger partial charge in [-0.2, -0.15) is 0 Å². The topological polar surface area (TPSA) is 20.2 Å². The van der Waals surface area contributed by atoms with E-state index in [9.17, 15) is 4.39 Å². The highest BCUT2D eigenvalue weighted by atomic mass is 35.5. The van der Waals surface area contributed by atoms with Crippen molar-refractivity contribution in [3.8, 4) is 0 Å². The van der Waals surface area contributed by atoms with Crippen molar-refractivity contribution in [1.82, 2.24) is 0 Å². The van der Waals surface area contributed by atoms with E-state index in [1.807, 2.05) is 0 Å². The molecule has 0 amide bonds. The number of hydrogen-bond donors (Lipinski definition) is 1. The lowest BCUT2D eigenvalue weighted by molar-refractivity contribution is 0.399. The number of aliphatic hydroxyl groups is 1. The Labute approximate surface area is 41.7 Å². The third-order valence-electron chi connectivity index (χ3n) is 0. The Kier molecular flexibility index (Phi) is 14.2. The Bertz CT molecular complexity index is 15.5. The summed E-state index contributed by atoms with van der Waals surface area (Å²) in [6.45, 7) is 1.27. The van der Waals surface area contributed by atoms with E-state index in [4.69, 9.17) is 5.11 Å². The average molecular weight is 115 g/mol. The van der Waals surface area contributed by atoms with Crippen molar-refractivity contribution in [2.75, 3.05) is 7.11 Å². The van der Waals surface area contributed by atoms with Gasteiger partial charge in [0.25, 0.3) is 0 Å². The van der Waals surface area contributed by atoms with E-state index in [1.165, 1.54) is 6.92 Å². The summed E-state index contributed by atoms with van der Waals surface area (Å²) < 4.78 is 10.8. The summed E-state index contributed by atoms with van der Waals surface area (Å²) in [4.78, 5) is 0. The number of alkyl halides is 2. The van der Waals surface area contributed by atoms with Crippen LogP contribution in [0.3, 0.4) is 0 Å². The molecule has 6 heavy (non-hydrogen) atoms. The van der Waals surface area contributed by atoms with Gasteiger partial charge >= 0.3 is 0 Å². The van der Waals surface area contributed by atoms with Gasteiger partial charge in [-0.1, -0.05) is 11.6 Å². The van der Waals surface area contributed by atoms with Gasteiger partial charge in [-0.05, 0) is 6.92 Å². The molecule has 0 spiro atoms. The van der Waals surface area contributed by atoms with E-state index in [2.05, 4.69) is 11.6 Å².